The summed E-state index contributed by atoms with van der Waals surface area (Å²) < 4.78 is 6.57. The Hall–Kier alpha value is -3.70. The minimum absolute atomic E-state index is 0.167. The Balaban J connectivity index is 1.54. The van der Waals surface area contributed by atoms with Crippen LogP contribution in [0.4, 0.5) is 0 Å². The number of aryl methyl sites for hydroxylation is 1. The zero-order chi connectivity index (χ0) is 23.4. The molecule has 2 aromatic heterocycles. The van der Waals surface area contributed by atoms with Gasteiger partial charge < -0.3 is 10.1 Å². The standard InChI is InChI=1S/C25H27N5O3/c1-17-13-18(14-26)5-7-20(17)21-16-28-30(24(21)32)22-8-6-19(15-27-22)23(31)29-25(11-12-33-2)9-3-4-10-25/h5-8,13,15-16,28H,3-4,9-12H2,1-2H3,(H,29,31). The van der Waals surface area contributed by atoms with Gasteiger partial charge in [-0.05, 0) is 61.6 Å². The fourth-order valence-corrected chi connectivity index (χ4v) is 4.52. The largest absolute Gasteiger partial charge is 0.385 e. The Morgan fingerprint density at radius 2 is 2.06 bits per heavy atom. The third-order valence-corrected chi connectivity index (χ3v) is 6.38. The molecule has 1 saturated carbocycles. The SMILES string of the molecule is COCCC1(NC(=O)c2ccc(-n3[nH]cc(-c4ccc(C#N)cc4C)c3=O)nc2)CCCC1. The van der Waals surface area contributed by atoms with E-state index in [9.17, 15) is 9.59 Å². The number of methoxy groups -OCH3 is 1. The van der Waals surface area contributed by atoms with Gasteiger partial charge in [0.1, 0.15) is 0 Å². The third-order valence-electron chi connectivity index (χ3n) is 6.38. The lowest BCUT2D eigenvalue weighted by atomic mass is 9.93. The third kappa shape index (κ3) is 4.59. The van der Waals surface area contributed by atoms with E-state index in [1.54, 1.807) is 43.6 Å². The number of nitriles is 1. The molecule has 0 bridgehead atoms. The van der Waals surface area contributed by atoms with Crippen molar-refractivity contribution in [2.24, 2.45) is 0 Å². The maximum Gasteiger partial charge on any atom is 0.280 e. The molecule has 8 heteroatoms. The van der Waals surface area contributed by atoms with Gasteiger partial charge in [0.05, 0.1) is 22.8 Å². The minimum Gasteiger partial charge on any atom is -0.385 e. The number of hydrogen-bond donors (Lipinski definition) is 2. The van der Waals surface area contributed by atoms with E-state index in [1.165, 1.54) is 10.9 Å². The maximum absolute atomic E-state index is 13.0. The van der Waals surface area contributed by atoms with E-state index >= 15 is 0 Å². The smallest absolute Gasteiger partial charge is 0.280 e. The van der Waals surface area contributed by atoms with E-state index in [2.05, 4.69) is 21.5 Å². The molecule has 2 heterocycles. The normalized spacial score (nSPS) is 14.7. The molecule has 33 heavy (non-hydrogen) atoms. The molecule has 3 aromatic rings. The molecule has 4 rings (SSSR count). The highest BCUT2D eigenvalue weighted by molar-refractivity contribution is 5.94. The van der Waals surface area contributed by atoms with Gasteiger partial charge in [-0.2, -0.15) is 5.26 Å². The summed E-state index contributed by atoms with van der Waals surface area (Å²) in [5, 5.41) is 15.2. The van der Waals surface area contributed by atoms with Crippen LogP contribution in [-0.2, 0) is 4.74 Å². The summed E-state index contributed by atoms with van der Waals surface area (Å²) in [6.45, 7) is 2.47. The number of H-pyrrole nitrogens is 1. The molecular formula is C25H27N5O3. The molecule has 0 spiro atoms. The number of carbonyl (C=O) groups excluding carboxylic acids is 1. The molecule has 8 nitrogen and oxygen atoms in total. The van der Waals surface area contributed by atoms with Gasteiger partial charge in [0.2, 0.25) is 0 Å². The molecule has 0 aliphatic heterocycles. The Bertz CT molecular complexity index is 1240. The van der Waals surface area contributed by atoms with E-state index in [-0.39, 0.29) is 17.0 Å². The summed E-state index contributed by atoms with van der Waals surface area (Å²) in [4.78, 5) is 30.2. The van der Waals surface area contributed by atoms with Crippen molar-refractivity contribution in [1.29, 1.82) is 5.26 Å². The predicted molar refractivity (Wildman–Crippen MR) is 124 cm³/mol. The number of nitrogens with zero attached hydrogens (tertiary/aromatic N) is 3. The van der Waals surface area contributed by atoms with Gasteiger partial charge in [-0.15, -0.1) is 0 Å². The number of aromatic amines is 1. The van der Waals surface area contributed by atoms with Gasteiger partial charge in [0.25, 0.3) is 11.5 Å². The maximum atomic E-state index is 13.0. The van der Waals surface area contributed by atoms with Gasteiger partial charge in [0.15, 0.2) is 5.82 Å². The summed E-state index contributed by atoms with van der Waals surface area (Å²) in [5.74, 6) is 0.226. The summed E-state index contributed by atoms with van der Waals surface area (Å²) in [5.41, 5.74) is 2.60. The van der Waals surface area contributed by atoms with Crippen molar-refractivity contribution in [3.63, 3.8) is 0 Å². The Morgan fingerprint density at radius 3 is 2.70 bits per heavy atom. The molecule has 0 unspecified atom stereocenters. The number of carbonyl (C=O) groups is 1. The Kier molecular flexibility index (Phi) is 6.43. The van der Waals surface area contributed by atoms with Crippen LogP contribution >= 0.6 is 0 Å². The molecule has 2 N–H and O–H groups in total. The highest BCUT2D eigenvalue weighted by Gasteiger charge is 2.35. The zero-order valence-electron chi connectivity index (χ0n) is 18.9. The number of pyridine rings is 1. The van der Waals surface area contributed by atoms with E-state index in [4.69, 9.17) is 10.00 Å². The quantitative estimate of drug-likeness (QED) is 0.578. The highest BCUT2D eigenvalue weighted by atomic mass is 16.5. The van der Waals surface area contributed by atoms with Crippen LogP contribution in [0.1, 0.15) is 53.6 Å². The van der Waals surface area contributed by atoms with Crippen LogP contribution < -0.4 is 10.9 Å². The number of hydrogen-bond acceptors (Lipinski definition) is 5. The van der Waals surface area contributed by atoms with E-state index < -0.39 is 0 Å². The van der Waals surface area contributed by atoms with Crippen molar-refractivity contribution >= 4 is 5.91 Å². The van der Waals surface area contributed by atoms with Crippen LogP contribution in [0.3, 0.4) is 0 Å². The molecule has 0 saturated heterocycles. The number of aromatic nitrogens is 3. The zero-order valence-corrected chi connectivity index (χ0v) is 18.9. The van der Waals surface area contributed by atoms with Crippen molar-refractivity contribution < 1.29 is 9.53 Å². The van der Waals surface area contributed by atoms with Crippen LogP contribution in [0.2, 0.25) is 0 Å². The lowest BCUT2D eigenvalue weighted by molar-refractivity contribution is 0.0865. The van der Waals surface area contributed by atoms with Crippen molar-refractivity contribution in [3.8, 4) is 23.0 Å². The fraction of sp³-hybridized carbons (Fsp3) is 0.360. The van der Waals surface area contributed by atoms with Crippen LogP contribution in [0, 0.1) is 18.3 Å². The average molecular weight is 446 g/mol. The van der Waals surface area contributed by atoms with Crippen LogP contribution in [-0.4, -0.2) is 39.9 Å². The first-order valence-electron chi connectivity index (χ1n) is 11.1. The van der Waals surface area contributed by atoms with Crippen LogP contribution in [0.5, 0.6) is 0 Å². The van der Waals surface area contributed by atoms with E-state index in [1.807, 2.05) is 6.92 Å². The lowest BCUT2D eigenvalue weighted by Crippen LogP contribution is -2.47. The first kappa shape index (κ1) is 22.5. The summed E-state index contributed by atoms with van der Waals surface area (Å²) in [7, 11) is 1.67. The van der Waals surface area contributed by atoms with Gasteiger partial charge in [-0.1, -0.05) is 18.9 Å². The van der Waals surface area contributed by atoms with Crippen molar-refractivity contribution in [2.75, 3.05) is 13.7 Å². The highest BCUT2D eigenvalue weighted by Crippen LogP contribution is 2.33. The molecule has 1 aromatic carbocycles. The molecule has 170 valence electrons. The number of nitrogens with one attached hydrogen (secondary N) is 2. The van der Waals surface area contributed by atoms with Gasteiger partial charge >= 0.3 is 0 Å². The molecule has 1 fully saturated rings. The number of benzene rings is 1. The Morgan fingerprint density at radius 1 is 1.27 bits per heavy atom. The molecule has 1 amide bonds. The first-order valence-corrected chi connectivity index (χ1v) is 11.1. The molecular weight excluding hydrogens is 418 g/mol. The summed E-state index contributed by atoms with van der Waals surface area (Å²) in [6, 6.07) is 10.6. The van der Waals surface area contributed by atoms with Gasteiger partial charge in [-0.25, -0.2) is 9.67 Å². The summed E-state index contributed by atoms with van der Waals surface area (Å²) >= 11 is 0. The molecule has 1 aliphatic carbocycles. The molecule has 0 radical (unpaired) electrons. The number of rotatable bonds is 7. The monoisotopic (exact) mass is 445 g/mol. The first-order chi connectivity index (χ1) is 16.0. The second kappa shape index (κ2) is 9.43. The second-order valence-electron chi connectivity index (χ2n) is 8.56. The molecule has 0 atom stereocenters. The molecule has 1 aliphatic rings. The van der Waals surface area contributed by atoms with Crippen LogP contribution in [0.25, 0.3) is 16.9 Å². The van der Waals surface area contributed by atoms with E-state index in [0.717, 1.165) is 43.2 Å². The lowest BCUT2D eigenvalue weighted by Gasteiger charge is -2.30. The number of amides is 1. The van der Waals surface area contributed by atoms with Crippen molar-refractivity contribution in [1.82, 2.24) is 20.1 Å². The van der Waals surface area contributed by atoms with Gasteiger partial charge in [0, 0.05) is 31.6 Å². The fourth-order valence-electron chi connectivity index (χ4n) is 4.52. The Labute approximate surface area is 192 Å². The van der Waals surface area contributed by atoms with E-state index in [0.29, 0.717) is 29.1 Å². The number of ether oxygens (including phenoxy) is 1. The minimum atomic E-state index is -0.253. The van der Waals surface area contributed by atoms with Gasteiger partial charge in [-0.3, -0.25) is 14.7 Å². The summed E-state index contributed by atoms with van der Waals surface area (Å²) in [6.07, 6.45) is 7.99. The van der Waals surface area contributed by atoms with Crippen molar-refractivity contribution in [3.05, 3.63) is 69.8 Å². The van der Waals surface area contributed by atoms with Crippen molar-refractivity contribution in [2.45, 2.75) is 44.6 Å². The van der Waals surface area contributed by atoms with Crippen LogP contribution in [0.15, 0.2) is 47.5 Å². The predicted octanol–water partition coefficient (Wildman–Crippen LogP) is 3.49. The average Bonchev–Trinajstić information content (AvgIpc) is 3.44. The topological polar surface area (TPSA) is 113 Å². The second-order valence-corrected chi connectivity index (χ2v) is 8.56.